The molecule has 0 atom stereocenters. The van der Waals surface area contributed by atoms with E-state index >= 15 is 0 Å². The van der Waals surface area contributed by atoms with Crippen molar-refractivity contribution in [1.29, 1.82) is 0 Å². The van der Waals surface area contributed by atoms with E-state index in [1.165, 1.54) is 0 Å². The zero-order valence-corrected chi connectivity index (χ0v) is 11.8. The second kappa shape index (κ2) is 7.05. The van der Waals surface area contributed by atoms with Gasteiger partial charge in [-0.15, -0.1) is 0 Å². The van der Waals surface area contributed by atoms with Gasteiger partial charge in [-0.25, -0.2) is 0 Å². The molecule has 0 bridgehead atoms. The summed E-state index contributed by atoms with van der Waals surface area (Å²) in [7, 11) is 1.84. The zero-order chi connectivity index (χ0) is 14.4. The lowest BCUT2D eigenvalue weighted by molar-refractivity contribution is -0.132. The van der Waals surface area contributed by atoms with Gasteiger partial charge < -0.3 is 15.1 Å². The molecule has 5 heteroatoms. The van der Waals surface area contributed by atoms with Gasteiger partial charge >= 0.3 is 0 Å². The highest BCUT2D eigenvalue weighted by atomic mass is 16.2. The average molecular weight is 275 g/mol. The molecule has 1 fully saturated rings. The molecule has 1 aromatic carbocycles. The van der Waals surface area contributed by atoms with Crippen molar-refractivity contribution in [2.45, 2.75) is 6.42 Å². The number of benzene rings is 1. The zero-order valence-electron chi connectivity index (χ0n) is 11.8. The smallest absolute Gasteiger partial charge is 0.253 e. The normalized spacial score (nSPS) is 15.2. The van der Waals surface area contributed by atoms with Crippen molar-refractivity contribution in [2.75, 3.05) is 39.8 Å². The van der Waals surface area contributed by atoms with Crippen LogP contribution in [0.5, 0.6) is 0 Å². The lowest BCUT2D eigenvalue weighted by Gasteiger charge is -2.35. The first-order chi connectivity index (χ1) is 9.72. The second-order valence-electron chi connectivity index (χ2n) is 4.89. The summed E-state index contributed by atoms with van der Waals surface area (Å²) in [5.41, 5.74) is 0.711. The van der Waals surface area contributed by atoms with Crippen molar-refractivity contribution < 1.29 is 9.59 Å². The van der Waals surface area contributed by atoms with E-state index in [9.17, 15) is 9.59 Å². The number of nitrogens with zero attached hydrogens (tertiary/aromatic N) is 2. The maximum atomic E-state index is 12.3. The second-order valence-corrected chi connectivity index (χ2v) is 4.89. The predicted octanol–water partition coefficient (Wildman–Crippen LogP) is 0.581. The number of piperazine rings is 1. The minimum Gasteiger partial charge on any atom is -0.339 e. The molecule has 5 nitrogen and oxygen atoms in total. The molecule has 2 rings (SSSR count). The maximum Gasteiger partial charge on any atom is 0.253 e. The van der Waals surface area contributed by atoms with Gasteiger partial charge in [0, 0.05) is 44.7 Å². The van der Waals surface area contributed by atoms with Crippen molar-refractivity contribution in [3.05, 3.63) is 35.9 Å². The molecule has 0 aliphatic carbocycles. The van der Waals surface area contributed by atoms with Crippen LogP contribution in [0.25, 0.3) is 0 Å². The molecule has 0 saturated carbocycles. The van der Waals surface area contributed by atoms with Crippen molar-refractivity contribution in [3.8, 4) is 0 Å². The van der Waals surface area contributed by atoms with Gasteiger partial charge in [-0.3, -0.25) is 9.59 Å². The third kappa shape index (κ3) is 3.57. The summed E-state index contributed by atoms with van der Waals surface area (Å²) in [5, 5.41) is 2.97. The lowest BCUT2D eigenvalue weighted by Crippen LogP contribution is -2.50. The van der Waals surface area contributed by atoms with E-state index < -0.39 is 0 Å². The van der Waals surface area contributed by atoms with Gasteiger partial charge in [-0.2, -0.15) is 0 Å². The molecule has 1 N–H and O–H groups in total. The van der Waals surface area contributed by atoms with E-state index in [1.807, 2.05) is 47.2 Å². The quantitative estimate of drug-likeness (QED) is 0.874. The number of hydrogen-bond acceptors (Lipinski definition) is 3. The summed E-state index contributed by atoms with van der Waals surface area (Å²) in [6.45, 7) is 3.17. The number of nitrogens with one attached hydrogen (secondary N) is 1. The van der Waals surface area contributed by atoms with E-state index in [2.05, 4.69) is 5.32 Å². The first-order valence-corrected chi connectivity index (χ1v) is 6.99. The fraction of sp³-hybridized carbons (Fsp3) is 0.467. The molecule has 0 aromatic heterocycles. The molecule has 1 aliphatic heterocycles. The van der Waals surface area contributed by atoms with Crippen LogP contribution < -0.4 is 5.32 Å². The first-order valence-electron chi connectivity index (χ1n) is 6.99. The largest absolute Gasteiger partial charge is 0.339 e. The van der Waals surface area contributed by atoms with Crippen LogP contribution in [-0.4, -0.2) is 61.4 Å². The number of carbonyl (C=O) groups is 2. The van der Waals surface area contributed by atoms with E-state index in [4.69, 9.17) is 0 Å². The highest BCUT2D eigenvalue weighted by Crippen LogP contribution is 2.09. The van der Waals surface area contributed by atoms with Crippen LogP contribution in [0, 0.1) is 0 Å². The minimum atomic E-state index is 0.0490. The predicted molar refractivity (Wildman–Crippen MR) is 77.5 cm³/mol. The van der Waals surface area contributed by atoms with Crippen LogP contribution in [0.2, 0.25) is 0 Å². The molecule has 108 valence electrons. The number of carbonyl (C=O) groups excluding carboxylic acids is 2. The van der Waals surface area contributed by atoms with E-state index in [0.29, 0.717) is 44.7 Å². The Morgan fingerprint density at radius 2 is 1.65 bits per heavy atom. The third-order valence-corrected chi connectivity index (χ3v) is 3.53. The van der Waals surface area contributed by atoms with Crippen molar-refractivity contribution in [1.82, 2.24) is 15.1 Å². The summed E-state index contributed by atoms with van der Waals surface area (Å²) in [4.78, 5) is 27.8. The summed E-state index contributed by atoms with van der Waals surface area (Å²) in [6, 6.07) is 9.28. The molecular weight excluding hydrogens is 254 g/mol. The van der Waals surface area contributed by atoms with E-state index in [1.54, 1.807) is 0 Å². The molecule has 1 aromatic rings. The molecule has 2 amide bonds. The van der Waals surface area contributed by atoms with Crippen LogP contribution in [0.4, 0.5) is 0 Å². The molecule has 1 aliphatic rings. The standard InChI is InChI=1S/C15H21N3O2/c1-16-8-7-14(19)17-9-11-18(12-10-17)15(20)13-5-3-2-4-6-13/h2-6,16H,7-12H2,1H3. The minimum absolute atomic E-state index is 0.0490. The summed E-state index contributed by atoms with van der Waals surface area (Å²) < 4.78 is 0. The molecule has 1 heterocycles. The monoisotopic (exact) mass is 275 g/mol. The Labute approximate surface area is 119 Å². The highest BCUT2D eigenvalue weighted by molar-refractivity contribution is 5.94. The van der Waals surface area contributed by atoms with Crippen LogP contribution >= 0.6 is 0 Å². The van der Waals surface area contributed by atoms with Crippen LogP contribution in [-0.2, 0) is 4.79 Å². The summed E-state index contributed by atoms with van der Waals surface area (Å²) >= 11 is 0. The maximum absolute atomic E-state index is 12.3. The van der Waals surface area contributed by atoms with Gasteiger partial charge in [-0.05, 0) is 19.2 Å². The Hall–Kier alpha value is -1.88. The van der Waals surface area contributed by atoms with Gasteiger partial charge in [0.05, 0.1) is 0 Å². The fourth-order valence-electron chi connectivity index (χ4n) is 2.31. The van der Waals surface area contributed by atoms with Crippen molar-refractivity contribution in [2.24, 2.45) is 0 Å². The Balaban J connectivity index is 1.85. The molecule has 20 heavy (non-hydrogen) atoms. The fourth-order valence-corrected chi connectivity index (χ4v) is 2.31. The number of amides is 2. The van der Waals surface area contributed by atoms with Crippen LogP contribution in [0.15, 0.2) is 30.3 Å². The van der Waals surface area contributed by atoms with E-state index in [-0.39, 0.29) is 11.8 Å². The number of hydrogen-bond donors (Lipinski definition) is 1. The molecular formula is C15H21N3O2. The van der Waals surface area contributed by atoms with Crippen LogP contribution in [0.3, 0.4) is 0 Å². The van der Waals surface area contributed by atoms with Gasteiger partial charge in [0.2, 0.25) is 5.91 Å². The molecule has 0 radical (unpaired) electrons. The van der Waals surface area contributed by atoms with Gasteiger partial charge in [0.15, 0.2) is 0 Å². The lowest BCUT2D eigenvalue weighted by atomic mass is 10.2. The Bertz CT molecular complexity index is 453. The highest BCUT2D eigenvalue weighted by Gasteiger charge is 2.24. The van der Waals surface area contributed by atoms with E-state index in [0.717, 1.165) is 0 Å². The van der Waals surface area contributed by atoms with Gasteiger partial charge in [-0.1, -0.05) is 18.2 Å². The average Bonchev–Trinajstić information content (AvgIpc) is 2.53. The molecule has 0 unspecified atom stereocenters. The Kier molecular flexibility index (Phi) is 5.12. The summed E-state index contributed by atoms with van der Waals surface area (Å²) in [5.74, 6) is 0.207. The topological polar surface area (TPSA) is 52.7 Å². The van der Waals surface area contributed by atoms with Gasteiger partial charge in [0.25, 0.3) is 5.91 Å². The Morgan fingerprint density at radius 3 is 2.25 bits per heavy atom. The van der Waals surface area contributed by atoms with Gasteiger partial charge in [0.1, 0.15) is 0 Å². The number of rotatable bonds is 4. The van der Waals surface area contributed by atoms with Crippen LogP contribution in [0.1, 0.15) is 16.8 Å². The third-order valence-electron chi connectivity index (χ3n) is 3.53. The first kappa shape index (κ1) is 14.5. The van der Waals surface area contributed by atoms with Crippen molar-refractivity contribution >= 4 is 11.8 Å². The Morgan fingerprint density at radius 1 is 1.05 bits per heavy atom. The molecule has 0 spiro atoms. The molecule has 1 saturated heterocycles. The SMILES string of the molecule is CNCCC(=O)N1CCN(C(=O)c2ccccc2)CC1. The summed E-state index contributed by atoms with van der Waals surface area (Å²) in [6.07, 6.45) is 0.517. The van der Waals surface area contributed by atoms with Crippen molar-refractivity contribution in [3.63, 3.8) is 0 Å².